The lowest BCUT2D eigenvalue weighted by molar-refractivity contribution is -0.385. The lowest BCUT2D eigenvalue weighted by Gasteiger charge is -2.14. The van der Waals surface area contributed by atoms with E-state index >= 15 is 0 Å². The molecule has 0 aromatic carbocycles. The molecule has 7 heteroatoms. The number of aryl methyl sites for hydroxylation is 1. The maximum Gasteiger partial charge on any atom is 0.326 e. The van der Waals surface area contributed by atoms with E-state index in [0.717, 1.165) is 19.0 Å². The number of nitrogens with zero attached hydrogens (tertiary/aromatic N) is 2. The molecule has 1 aromatic heterocycles. The molecule has 2 rings (SSSR count). The summed E-state index contributed by atoms with van der Waals surface area (Å²) in [5.74, 6) is -0.437. The summed E-state index contributed by atoms with van der Waals surface area (Å²) in [5, 5.41) is 22.5. The molecule has 0 saturated heterocycles. The molecule has 1 aliphatic carbocycles. The lowest BCUT2D eigenvalue weighted by atomic mass is 10.2. The number of hydrogen-bond acceptors (Lipinski definition) is 5. The van der Waals surface area contributed by atoms with Crippen LogP contribution in [-0.2, 0) is 4.79 Å². The summed E-state index contributed by atoms with van der Waals surface area (Å²) in [5.41, 5.74) is 0.385. The molecule has 1 atom stereocenters. The van der Waals surface area contributed by atoms with E-state index in [1.165, 1.54) is 6.07 Å². The smallest absolute Gasteiger partial charge is 0.326 e. The molecular formula is C11H13N3O4. The third-order valence-electron chi connectivity index (χ3n) is 2.94. The maximum atomic E-state index is 11.0. The number of rotatable bonds is 5. The van der Waals surface area contributed by atoms with Gasteiger partial charge in [-0.2, -0.15) is 0 Å². The summed E-state index contributed by atoms with van der Waals surface area (Å²) in [6.07, 6.45) is 2.91. The third-order valence-corrected chi connectivity index (χ3v) is 2.94. The van der Waals surface area contributed by atoms with Crippen molar-refractivity contribution < 1.29 is 14.8 Å². The molecule has 0 bridgehead atoms. The van der Waals surface area contributed by atoms with Crippen LogP contribution in [0, 0.1) is 23.0 Å². The zero-order chi connectivity index (χ0) is 13.3. The second kappa shape index (κ2) is 4.59. The Morgan fingerprint density at radius 1 is 1.67 bits per heavy atom. The number of anilines is 1. The van der Waals surface area contributed by atoms with Gasteiger partial charge >= 0.3 is 5.97 Å². The van der Waals surface area contributed by atoms with Gasteiger partial charge in [0.1, 0.15) is 18.1 Å². The largest absolute Gasteiger partial charge is 0.480 e. The van der Waals surface area contributed by atoms with Crippen LogP contribution in [-0.4, -0.2) is 27.0 Å². The van der Waals surface area contributed by atoms with Gasteiger partial charge in [0.2, 0.25) is 0 Å². The van der Waals surface area contributed by atoms with Crippen LogP contribution in [0.5, 0.6) is 0 Å². The molecule has 0 aliphatic heterocycles. The molecule has 1 unspecified atom stereocenters. The number of nitrogens with one attached hydrogen (secondary N) is 1. The molecule has 2 N–H and O–H groups in total. The Morgan fingerprint density at radius 3 is 2.78 bits per heavy atom. The first-order chi connectivity index (χ1) is 8.49. The average molecular weight is 251 g/mol. The van der Waals surface area contributed by atoms with Gasteiger partial charge in [-0.25, -0.2) is 9.78 Å². The van der Waals surface area contributed by atoms with Gasteiger partial charge in [0.05, 0.1) is 4.92 Å². The van der Waals surface area contributed by atoms with Crippen molar-refractivity contribution in [2.24, 2.45) is 5.92 Å². The van der Waals surface area contributed by atoms with E-state index in [0.29, 0.717) is 11.4 Å². The van der Waals surface area contributed by atoms with Gasteiger partial charge in [-0.05, 0) is 31.7 Å². The van der Waals surface area contributed by atoms with Gasteiger partial charge in [0.25, 0.3) is 5.69 Å². The Hall–Kier alpha value is -2.18. The minimum atomic E-state index is -0.921. The molecule has 0 spiro atoms. The number of aliphatic carboxylic acids is 1. The van der Waals surface area contributed by atoms with Gasteiger partial charge in [-0.15, -0.1) is 0 Å². The highest BCUT2D eigenvalue weighted by molar-refractivity contribution is 5.77. The van der Waals surface area contributed by atoms with Crippen LogP contribution < -0.4 is 5.32 Å². The van der Waals surface area contributed by atoms with E-state index in [2.05, 4.69) is 10.3 Å². The predicted molar refractivity (Wildman–Crippen MR) is 63.4 cm³/mol. The lowest BCUT2D eigenvalue weighted by Crippen LogP contribution is -2.31. The van der Waals surface area contributed by atoms with E-state index < -0.39 is 16.9 Å². The normalized spacial score (nSPS) is 16.1. The van der Waals surface area contributed by atoms with Crippen molar-refractivity contribution in [3.05, 3.63) is 27.9 Å². The van der Waals surface area contributed by atoms with Crippen molar-refractivity contribution in [1.29, 1.82) is 0 Å². The number of carboxylic acids is 1. The summed E-state index contributed by atoms with van der Waals surface area (Å²) in [6.45, 7) is 1.60. The molecule has 0 radical (unpaired) electrons. The van der Waals surface area contributed by atoms with Gasteiger partial charge in [-0.3, -0.25) is 10.1 Å². The maximum absolute atomic E-state index is 11.0. The van der Waals surface area contributed by atoms with Crippen LogP contribution in [0.4, 0.5) is 11.5 Å². The van der Waals surface area contributed by atoms with E-state index in [9.17, 15) is 14.9 Å². The van der Waals surface area contributed by atoms with Crippen LogP contribution in [0.25, 0.3) is 0 Å². The van der Waals surface area contributed by atoms with Crippen molar-refractivity contribution in [3.8, 4) is 0 Å². The molecule has 7 nitrogen and oxygen atoms in total. The zero-order valence-corrected chi connectivity index (χ0v) is 9.79. The molecule has 1 heterocycles. The fourth-order valence-electron chi connectivity index (χ4n) is 1.79. The highest BCUT2D eigenvalue weighted by Crippen LogP contribution is 2.34. The predicted octanol–water partition coefficient (Wildman–Crippen LogP) is 1.57. The van der Waals surface area contributed by atoms with Crippen LogP contribution in [0.3, 0.4) is 0 Å². The first-order valence-corrected chi connectivity index (χ1v) is 5.59. The molecule has 1 fully saturated rings. The van der Waals surface area contributed by atoms with Crippen LogP contribution >= 0.6 is 0 Å². The summed E-state index contributed by atoms with van der Waals surface area (Å²) in [4.78, 5) is 25.0. The Morgan fingerprint density at radius 2 is 2.33 bits per heavy atom. The molecule has 96 valence electrons. The molecule has 1 aliphatic rings. The summed E-state index contributed by atoms with van der Waals surface area (Å²) in [6, 6.07) is 0.828. The van der Waals surface area contributed by atoms with Crippen LogP contribution in [0.1, 0.15) is 18.4 Å². The van der Waals surface area contributed by atoms with Crippen LogP contribution in [0.2, 0.25) is 0 Å². The van der Waals surface area contributed by atoms with Crippen molar-refractivity contribution in [2.45, 2.75) is 25.8 Å². The Kier molecular flexibility index (Phi) is 3.14. The number of carbonyl (C=O) groups is 1. The average Bonchev–Trinajstić information content (AvgIpc) is 3.08. The topological polar surface area (TPSA) is 105 Å². The number of hydrogen-bond donors (Lipinski definition) is 2. The summed E-state index contributed by atoms with van der Waals surface area (Å²) >= 11 is 0. The van der Waals surface area contributed by atoms with Crippen molar-refractivity contribution in [1.82, 2.24) is 4.98 Å². The second-order valence-electron chi connectivity index (χ2n) is 4.41. The quantitative estimate of drug-likeness (QED) is 0.607. The van der Waals surface area contributed by atoms with Crippen molar-refractivity contribution >= 4 is 17.5 Å². The van der Waals surface area contributed by atoms with Gasteiger partial charge < -0.3 is 10.4 Å². The number of aromatic nitrogens is 1. The fraction of sp³-hybridized carbons (Fsp3) is 0.455. The summed E-state index contributed by atoms with van der Waals surface area (Å²) < 4.78 is 0. The molecular weight excluding hydrogens is 238 g/mol. The standard InChI is InChI=1S/C11H13N3O4/c1-6-4-9(12-5-8(6)14(17)18)13-10(11(15)16)7-2-3-7/h4-5,7,10H,2-3H2,1H3,(H,12,13)(H,15,16). The minimum Gasteiger partial charge on any atom is -0.480 e. The molecule has 0 amide bonds. The number of nitro groups is 1. The molecule has 1 saturated carbocycles. The van der Waals surface area contributed by atoms with E-state index in [-0.39, 0.29) is 11.6 Å². The van der Waals surface area contributed by atoms with Crippen molar-refractivity contribution in [2.75, 3.05) is 5.32 Å². The van der Waals surface area contributed by atoms with E-state index in [4.69, 9.17) is 5.11 Å². The van der Waals surface area contributed by atoms with Gasteiger partial charge in [0.15, 0.2) is 0 Å². The second-order valence-corrected chi connectivity index (χ2v) is 4.41. The summed E-state index contributed by atoms with van der Waals surface area (Å²) in [7, 11) is 0. The number of pyridine rings is 1. The van der Waals surface area contributed by atoms with Crippen LogP contribution in [0.15, 0.2) is 12.3 Å². The Labute approximate surface area is 103 Å². The molecule has 18 heavy (non-hydrogen) atoms. The minimum absolute atomic E-state index is 0.0705. The number of carboxylic acid groups (broad SMARTS) is 1. The zero-order valence-electron chi connectivity index (χ0n) is 9.79. The fourth-order valence-corrected chi connectivity index (χ4v) is 1.79. The highest BCUT2D eigenvalue weighted by Gasteiger charge is 2.36. The third kappa shape index (κ3) is 2.55. The molecule has 1 aromatic rings. The van der Waals surface area contributed by atoms with Crippen molar-refractivity contribution in [3.63, 3.8) is 0 Å². The monoisotopic (exact) mass is 251 g/mol. The Balaban J connectivity index is 2.16. The van der Waals surface area contributed by atoms with Gasteiger partial charge in [-0.1, -0.05) is 0 Å². The Bertz CT molecular complexity index is 499. The SMILES string of the molecule is Cc1cc(NC(C(=O)O)C2CC2)ncc1[N+](=O)[O-]. The first kappa shape index (κ1) is 12.3. The van der Waals surface area contributed by atoms with E-state index in [1.54, 1.807) is 6.92 Å². The van der Waals surface area contributed by atoms with Gasteiger partial charge in [0, 0.05) is 5.56 Å². The van der Waals surface area contributed by atoms with E-state index in [1.807, 2.05) is 0 Å². The highest BCUT2D eigenvalue weighted by atomic mass is 16.6. The first-order valence-electron chi connectivity index (χ1n) is 5.59.